The Morgan fingerprint density at radius 2 is 1.16 bits per heavy atom. The van der Waals surface area contributed by atoms with Crippen molar-refractivity contribution in [2.24, 2.45) is 0 Å². The van der Waals surface area contributed by atoms with Crippen molar-refractivity contribution in [3.05, 3.63) is 211 Å². The summed E-state index contributed by atoms with van der Waals surface area (Å²) in [6.07, 6.45) is 12.1. The van der Waals surface area contributed by atoms with Gasteiger partial charge < -0.3 is 9.30 Å². The highest BCUT2D eigenvalue weighted by atomic mass is 32.1. The van der Waals surface area contributed by atoms with Crippen molar-refractivity contribution in [1.29, 1.82) is 0 Å². The molecule has 2 aliphatic carbocycles. The lowest BCUT2D eigenvalue weighted by Crippen LogP contribution is -2.11. The van der Waals surface area contributed by atoms with Crippen LogP contribution in [0.25, 0.3) is 86.1 Å². The number of para-hydroxylation sites is 3. The summed E-state index contributed by atoms with van der Waals surface area (Å²) in [4.78, 5) is 2.46. The van der Waals surface area contributed by atoms with Crippen LogP contribution in [0.15, 0.2) is 200 Å². The summed E-state index contributed by atoms with van der Waals surface area (Å²) in [7, 11) is 0. The van der Waals surface area contributed by atoms with Gasteiger partial charge in [-0.1, -0.05) is 151 Å². The lowest BCUT2D eigenvalue weighted by molar-refractivity contribution is 0.935. The van der Waals surface area contributed by atoms with Gasteiger partial charge in [-0.2, -0.15) is 0 Å². The van der Waals surface area contributed by atoms with Crippen molar-refractivity contribution >= 4 is 92.2 Å². The predicted molar refractivity (Wildman–Crippen MR) is 269 cm³/mol. The van der Waals surface area contributed by atoms with Crippen LogP contribution in [0.5, 0.6) is 0 Å². The Morgan fingerprint density at radius 3 is 1.95 bits per heavy atom. The number of anilines is 3. The molecule has 0 atom stereocenters. The third kappa shape index (κ3) is 5.69. The Hall–Kier alpha value is -7.20. The van der Waals surface area contributed by atoms with E-state index in [0.717, 1.165) is 29.9 Å². The van der Waals surface area contributed by atoms with Gasteiger partial charge in [0.25, 0.3) is 0 Å². The van der Waals surface area contributed by atoms with Crippen molar-refractivity contribution in [3.8, 4) is 22.3 Å². The molecule has 13 rings (SSSR count). The number of allylic oxidation sites excluding steroid dienone is 6. The van der Waals surface area contributed by atoms with Gasteiger partial charge in [0.2, 0.25) is 0 Å². The molecule has 3 heteroatoms. The van der Waals surface area contributed by atoms with Gasteiger partial charge in [-0.05, 0) is 121 Å². The summed E-state index contributed by atoms with van der Waals surface area (Å²) in [5.74, 6) is 0. The minimum absolute atomic E-state index is 1.09. The van der Waals surface area contributed by atoms with Crippen LogP contribution in [-0.4, -0.2) is 4.40 Å². The minimum Gasteiger partial charge on any atom is -0.308 e. The Balaban J connectivity index is 0.000000986. The van der Waals surface area contributed by atoms with E-state index in [9.17, 15) is 0 Å². The quantitative estimate of drug-likeness (QED) is 0.157. The molecule has 11 aromatic rings. The number of nitrogens with zero attached hydrogens (tertiary/aromatic N) is 2. The van der Waals surface area contributed by atoms with E-state index < -0.39 is 0 Å². The van der Waals surface area contributed by atoms with Crippen LogP contribution in [0.3, 0.4) is 0 Å². The highest BCUT2D eigenvalue weighted by Crippen LogP contribution is 2.47. The molecule has 0 saturated heterocycles. The fraction of sp³-hybridized carbons (Fsp3) is 0.0847. The van der Waals surface area contributed by atoms with Crippen molar-refractivity contribution < 1.29 is 0 Å². The summed E-state index contributed by atoms with van der Waals surface area (Å²) in [6.45, 7) is 4.00. The number of rotatable bonds is 5. The zero-order valence-corrected chi connectivity index (χ0v) is 35.7. The molecule has 2 nitrogen and oxygen atoms in total. The van der Waals surface area contributed by atoms with E-state index in [1.54, 1.807) is 5.57 Å². The monoisotopic (exact) mass is 812 g/mol. The lowest BCUT2D eigenvalue weighted by atomic mass is 9.95. The zero-order valence-electron chi connectivity index (χ0n) is 34.9. The highest BCUT2D eigenvalue weighted by Gasteiger charge is 2.25. The number of fused-ring (bicyclic) bond motifs is 11. The molecular formula is C59H44N2S. The van der Waals surface area contributed by atoms with E-state index in [0.29, 0.717) is 0 Å². The largest absolute Gasteiger partial charge is 0.308 e. The molecule has 8 aromatic carbocycles. The van der Waals surface area contributed by atoms with Crippen LogP contribution < -0.4 is 4.90 Å². The Morgan fingerprint density at radius 1 is 0.532 bits per heavy atom. The fourth-order valence-corrected chi connectivity index (χ4v) is 11.4. The summed E-state index contributed by atoms with van der Waals surface area (Å²) >= 11 is 1.89. The summed E-state index contributed by atoms with van der Waals surface area (Å²) < 4.78 is 5.18. The van der Waals surface area contributed by atoms with E-state index in [4.69, 9.17) is 0 Å². The molecular weight excluding hydrogens is 769 g/mol. The van der Waals surface area contributed by atoms with Crippen molar-refractivity contribution in [2.45, 2.75) is 33.1 Å². The third-order valence-electron chi connectivity index (χ3n) is 13.2. The van der Waals surface area contributed by atoms with Crippen LogP contribution in [0, 0.1) is 0 Å². The maximum absolute atomic E-state index is 2.51. The number of hydrogen-bond donors (Lipinski definition) is 0. The highest BCUT2D eigenvalue weighted by molar-refractivity contribution is 7.26. The van der Waals surface area contributed by atoms with E-state index in [-0.39, 0.29) is 0 Å². The smallest absolute Gasteiger partial charge is 0.0782 e. The minimum atomic E-state index is 1.09. The van der Waals surface area contributed by atoms with Gasteiger partial charge in [-0.15, -0.1) is 11.3 Å². The first-order valence-corrected chi connectivity index (χ1v) is 22.7. The first kappa shape index (κ1) is 36.6. The van der Waals surface area contributed by atoms with Gasteiger partial charge in [-0.3, -0.25) is 0 Å². The first-order chi connectivity index (χ1) is 30.7. The molecule has 3 heterocycles. The summed E-state index contributed by atoms with van der Waals surface area (Å²) in [5, 5.41) is 7.79. The molecule has 3 aromatic heterocycles. The molecule has 0 bridgehead atoms. The van der Waals surface area contributed by atoms with Gasteiger partial charge in [0.1, 0.15) is 0 Å². The SMILES string of the molecule is C/C=C\C.C1=CC2=C(CC1)Cc1ccc(-c3ccc(N(c4ccc(-c5cccc6c5sc5ccccc56)cc4)c4cccc5c6cccc7c8ccccc8n(c45)c76)cc3)cc12. The summed E-state index contributed by atoms with van der Waals surface area (Å²) in [5.41, 5.74) is 18.1. The Kier molecular flexibility index (Phi) is 8.72. The third-order valence-corrected chi connectivity index (χ3v) is 14.4. The van der Waals surface area contributed by atoms with Gasteiger partial charge in [0, 0.05) is 53.1 Å². The number of hydrogen-bond acceptors (Lipinski definition) is 2. The maximum Gasteiger partial charge on any atom is 0.0782 e. The first-order valence-electron chi connectivity index (χ1n) is 21.8. The molecule has 0 aliphatic heterocycles. The molecule has 0 spiro atoms. The molecule has 0 amide bonds. The van der Waals surface area contributed by atoms with E-state index in [1.807, 2.05) is 37.3 Å². The fourth-order valence-electron chi connectivity index (χ4n) is 10.2. The lowest BCUT2D eigenvalue weighted by Gasteiger charge is -2.27. The molecule has 2 aliphatic rings. The second kappa shape index (κ2) is 14.8. The average Bonchev–Trinajstić information content (AvgIpc) is 4.09. The maximum atomic E-state index is 2.51. The molecule has 0 radical (unpaired) electrons. The van der Waals surface area contributed by atoms with Gasteiger partial charge in [-0.25, -0.2) is 0 Å². The average molecular weight is 813 g/mol. The number of benzene rings is 8. The van der Waals surface area contributed by atoms with Crippen LogP contribution >= 0.6 is 11.3 Å². The van der Waals surface area contributed by atoms with Crippen molar-refractivity contribution in [3.63, 3.8) is 0 Å². The Bertz CT molecular complexity index is 3610. The normalized spacial score (nSPS) is 13.6. The second-order valence-electron chi connectivity index (χ2n) is 16.6. The van der Waals surface area contributed by atoms with Crippen LogP contribution in [0.2, 0.25) is 0 Å². The van der Waals surface area contributed by atoms with E-state index >= 15 is 0 Å². The van der Waals surface area contributed by atoms with Crippen LogP contribution in [0.4, 0.5) is 17.1 Å². The number of thiophene rings is 1. The molecule has 0 N–H and O–H groups in total. The molecule has 62 heavy (non-hydrogen) atoms. The second-order valence-corrected chi connectivity index (χ2v) is 17.7. The topological polar surface area (TPSA) is 7.65 Å². The van der Waals surface area contributed by atoms with Gasteiger partial charge in [0.05, 0.1) is 22.2 Å². The van der Waals surface area contributed by atoms with E-state index in [2.05, 4.69) is 191 Å². The van der Waals surface area contributed by atoms with Gasteiger partial charge in [0.15, 0.2) is 0 Å². The van der Waals surface area contributed by atoms with Crippen molar-refractivity contribution in [1.82, 2.24) is 4.40 Å². The number of aromatic nitrogens is 1. The molecule has 296 valence electrons. The van der Waals surface area contributed by atoms with Gasteiger partial charge >= 0.3 is 0 Å². The molecule has 0 fully saturated rings. The Labute approximate surface area is 366 Å². The standard InChI is InChI=1S/C55H36N2S.C4H8/c1-2-11-41-37(10-1)32-38-23-22-36(33-49(38)41)34-24-28-39(29-25-34)56(40-30-26-35(27-31-40)42-14-7-18-48-44-13-4-6-21-52(44)58-55(42)48)51-20-9-17-47-46-16-8-15-45-43-12-3-5-19-50(43)57(53(45)46)54(47)51;1-3-4-2/h2-9,11-31,33H,1,10,32H2;3-4H,1-2H3/b;4-3-. The summed E-state index contributed by atoms with van der Waals surface area (Å²) in [6, 6.07) is 63.5. The van der Waals surface area contributed by atoms with Crippen molar-refractivity contribution in [2.75, 3.05) is 4.90 Å². The molecule has 0 saturated carbocycles. The van der Waals surface area contributed by atoms with Crippen LogP contribution in [-0.2, 0) is 6.42 Å². The van der Waals surface area contributed by atoms with E-state index in [1.165, 1.54) is 104 Å². The predicted octanol–water partition coefficient (Wildman–Crippen LogP) is 17.3. The zero-order chi connectivity index (χ0) is 41.3. The molecule has 0 unspecified atom stereocenters. The van der Waals surface area contributed by atoms with Crippen LogP contribution in [0.1, 0.15) is 37.8 Å².